The minimum Gasteiger partial charge on any atom is -0.383 e. The van der Waals surface area contributed by atoms with E-state index in [0.717, 1.165) is 48.3 Å². The van der Waals surface area contributed by atoms with E-state index in [9.17, 15) is 10.1 Å². The number of rotatable bonds is 7. The lowest BCUT2D eigenvalue weighted by Crippen LogP contribution is -2.50. The number of nitrogens with zero attached hydrogens (tertiary/aromatic N) is 4. The van der Waals surface area contributed by atoms with Crippen LogP contribution in [-0.2, 0) is 16.1 Å². The number of ether oxygens (including phenoxy) is 1. The average molecular weight is 387 g/mol. The van der Waals surface area contributed by atoms with Gasteiger partial charge in [0.05, 0.1) is 29.5 Å². The predicted octanol–water partition coefficient (Wildman–Crippen LogP) is 3.46. The molecule has 1 amide bonds. The van der Waals surface area contributed by atoms with Crippen molar-refractivity contribution in [3.05, 3.63) is 24.3 Å². The molecular weight excluding hydrogens is 360 g/mol. The number of aromatic nitrogens is 2. The Morgan fingerprint density at radius 2 is 2.11 bits per heavy atom. The largest absolute Gasteiger partial charge is 0.383 e. The number of amides is 1. The van der Waals surface area contributed by atoms with Gasteiger partial charge >= 0.3 is 0 Å². The van der Waals surface area contributed by atoms with Crippen molar-refractivity contribution in [2.45, 2.75) is 49.3 Å². The summed E-state index contributed by atoms with van der Waals surface area (Å²) in [7, 11) is 3.45. The van der Waals surface area contributed by atoms with Gasteiger partial charge in [-0.2, -0.15) is 5.26 Å². The van der Waals surface area contributed by atoms with Gasteiger partial charge in [-0.3, -0.25) is 4.79 Å². The van der Waals surface area contributed by atoms with Gasteiger partial charge in [0.1, 0.15) is 5.54 Å². The van der Waals surface area contributed by atoms with E-state index in [2.05, 4.69) is 15.6 Å². The van der Waals surface area contributed by atoms with Crippen molar-refractivity contribution in [1.29, 1.82) is 5.26 Å². The Morgan fingerprint density at radius 1 is 1.37 bits per heavy atom. The smallest absolute Gasteiger partial charge is 0.234 e. The minimum atomic E-state index is -0.647. The number of hydrogen-bond acceptors (Lipinski definition) is 5. The van der Waals surface area contributed by atoms with Crippen LogP contribution in [0.25, 0.3) is 11.0 Å². The van der Waals surface area contributed by atoms with Crippen LogP contribution in [0, 0.1) is 11.3 Å². The molecule has 0 saturated heterocycles. The normalized spacial score (nSPS) is 16.2. The highest BCUT2D eigenvalue weighted by molar-refractivity contribution is 7.99. The van der Waals surface area contributed by atoms with E-state index in [4.69, 9.17) is 4.74 Å². The predicted molar refractivity (Wildman–Crippen MR) is 107 cm³/mol. The second-order valence-corrected chi connectivity index (χ2v) is 7.92. The number of thioether (sulfide) groups is 1. The second-order valence-electron chi connectivity index (χ2n) is 6.97. The van der Waals surface area contributed by atoms with Crippen LogP contribution < -0.4 is 0 Å². The Balaban J connectivity index is 1.74. The SMILES string of the molecule is COCCn1c(SCC(=O)N(C)C2(C#N)CCCCC2)nc2ccccc21. The van der Waals surface area contributed by atoms with E-state index in [0.29, 0.717) is 13.2 Å². The van der Waals surface area contributed by atoms with Gasteiger partial charge in [-0.25, -0.2) is 4.98 Å². The van der Waals surface area contributed by atoms with Crippen molar-refractivity contribution < 1.29 is 9.53 Å². The number of para-hydroxylation sites is 2. The van der Waals surface area contributed by atoms with Crippen LogP contribution in [0.2, 0.25) is 0 Å². The summed E-state index contributed by atoms with van der Waals surface area (Å²) in [4.78, 5) is 19.2. The lowest BCUT2D eigenvalue weighted by atomic mass is 9.81. The summed E-state index contributed by atoms with van der Waals surface area (Å²) in [6, 6.07) is 10.4. The highest BCUT2D eigenvalue weighted by Crippen LogP contribution is 2.33. The summed E-state index contributed by atoms with van der Waals surface area (Å²) >= 11 is 1.43. The molecule has 0 bridgehead atoms. The molecule has 0 radical (unpaired) electrons. The van der Waals surface area contributed by atoms with E-state index in [1.165, 1.54) is 11.8 Å². The number of benzene rings is 1. The third-order valence-corrected chi connectivity index (χ3v) is 6.33. The summed E-state index contributed by atoms with van der Waals surface area (Å²) in [6.07, 6.45) is 4.69. The standard InChI is InChI=1S/C20H26N4O2S/c1-23(20(15-21)10-6-3-7-11-20)18(25)14-27-19-22-16-8-4-5-9-17(16)24(19)12-13-26-2/h4-5,8-9H,3,6-7,10-14H2,1-2H3. The Bertz CT molecular complexity index is 836. The molecule has 0 spiro atoms. The van der Waals surface area contributed by atoms with Gasteiger partial charge in [0, 0.05) is 20.7 Å². The zero-order valence-corrected chi connectivity index (χ0v) is 16.8. The summed E-state index contributed by atoms with van der Waals surface area (Å²) in [5.74, 6) is 0.254. The maximum absolute atomic E-state index is 12.8. The molecule has 7 heteroatoms. The summed E-state index contributed by atoms with van der Waals surface area (Å²) in [5, 5.41) is 10.5. The molecule has 27 heavy (non-hydrogen) atoms. The van der Waals surface area contributed by atoms with Crippen molar-refractivity contribution >= 4 is 28.7 Å². The second kappa shape index (κ2) is 8.77. The molecule has 1 aromatic heterocycles. The number of carbonyl (C=O) groups is 1. The maximum atomic E-state index is 12.8. The topological polar surface area (TPSA) is 71.2 Å². The first-order valence-electron chi connectivity index (χ1n) is 9.36. The number of methoxy groups -OCH3 is 1. The Hall–Kier alpha value is -2.04. The molecule has 3 rings (SSSR count). The molecule has 0 aliphatic heterocycles. The van der Waals surface area contributed by atoms with Crippen molar-refractivity contribution in [1.82, 2.24) is 14.5 Å². The lowest BCUT2D eigenvalue weighted by molar-refractivity contribution is -0.131. The van der Waals surface area contributed by atoms with Crippen molar-refractivity contribution in [3.8, 4) is 6.07 Å². The first kappa shape index (κ1) is 19.7. The molecule has 1 aliphatic carbocycles. The molecule has 2 aromatic rings. The fraction of sp³-hybridized carbons (Fsp3) is 0.550. The van der Waals surface area contributed by atoms with Crippen LogP contribution in [0.4, 0.5) is 0 Å². The molecule has 144 valence electrons. The van der Waals surface area contributed by atoms with Gasteiger partial charge in [0.25, 0.3) is 0 Å². The van der Waals surface area contributed by atoms with Gasteiger partial charge in [0.2, 0.25) is 5.91 Å². The Labute approximate surface area is 164 Å². The summed E-state index contributed by atoms with van der Waals surface area (Å²) in [5.41, 5.74) is 1.31. The highest BCUT2D eigenvalue weighted by atomic mass is 32.2. The van der Waals surface area contributed by atoms with E-state index in [1.54, 1.807) is 19.1 Å². The highest BCUT2D eigenvalue weighted by Gasteiger charge is 2.38. The quantitative estimate of drug-likeness (QED) is 0.682. The minimum absolute atomic E-state index is 0.0196. The third kappa shape index (κ3) is 4.12. The molecule has 0 atom stereocenters. The monoisotopic (exact) mass is 386 g/mol. The Morgan fingerprint density at radius 3 is 2.81 bits per heavy atom. The third-order valence-electron chi connectivity index (χ3n) is 5.37. The molecular formula is C20H26N4O2S. The summed E-state index contributed by atoms with van der Waals surface area (Å²) in [6.45, 7) is 1.27. The first-order valence-corrected chi connectivity index (χ1v) is 10.3. The molecule has 1 aliphatic rings. The van der Waals surface area contributed by atoms with Crippen LogP contribution in [-0.4, -0.2) is 52.4 Å². The van der Waals surface area contributed by atoms with Crippen LogP contribution in [0.5, 0.6) is 0 Å². The Kier molecular flexibility index (Phi) is 6.40. The van der Waals surface area contributed by atoms with E-state index >= 15 is 0 Å². The maximum Gasteiger partial charge on any atom is 0.234 e. The van der Waals surface area contributed by atoms with Crippen LogP contribution in [0.1, 0.15) is 32.1 Å². The van der Waals surface area contributed by atoms with Crippen LogP contribution >= 0.6 is 11.8 Å². The molecule has 1 saturated carbocycles. The van der Waals surface area contributed by atoms with E-state index in [-0.39, 0.29) is 11.7 Å². The van der Waals surface area contributed by atoms with Crippen LogP contribution in [0.3, 0.4) is 0 Å². The molecule has 1 heterocycles. The fourth-order valence-corrected chi connectivity index (χ4v) is 4.64. The van der Waals surface area contributed by atoms with Gasteiger partial charge < -0.3 is 14.2 Å². The first-order chi connectivity index (χ1) is 13.1. The van der Waals surface area contributed by atoms with Crippen molar-refractivity contribution in [3.63, 3.8) is 0 Å². The van der Waals surface area contributed by atoms with Gasteiger partial charge in [0.15, 0.2) is 5.16 Å². The van der Waals surface area contributed by atoms with Crippen molar-refractivity contribution in [2.75, 3.05) is 26.5 Å². The molecule has 0 N–H and O–H groups in total. The number of nitriles is 1. The number of imidazole rings is 1. The number of hydrogen-bond donors (Lipinski definition) is 0. The molecule has 1 aromatic carbocycles. The van der Waals surface area contributed by atoms with Gasteiger partial charge in [-0.05, 0) is 25.0 Å². The zero-order valence-electron chi connectivity index (χ0n) is 16.0. The van der Waals surface area contributed by atoms with E-state index < -0.39 is 5.54 Å². The molecule has 0 unspecified atom stereocenters. The fourth-order valence-electron chi connectivity index (χ4n) is 3.68. The number of carbonyl (C=O) groups excluding carboxylic acids is 1. The zero-order chi connectivity index (χ0) is 19.3. The van der Waals surface area contributed by atoms with Gasteiger partial charge in [-0.15, -0.1) is 0 Å². The average Bonchev–Trinajstić information content (AvgIpc) is 3.07. The van der Waals surface area contributed by atoms with Gasteiger partial charge in [-0.1, -0.05) is 43.2 Å². The van der Waals surface area contributed by atoms with Crippen molar-refractivity contribution in [2.24, 2.45) is 0 Å². The lowest BCUT2D eigenvalue weighted by Gasteiger charge is -2.39. The number of fused-ring (bicyclic) bond motifs is 1. The van der Waals surface area contributed by atoms with Crippen LogP contribution in [0.15, 0.2) is 29.4 Å². The molecule has 1 fully saturated rings. The summed E-state index contributed by atoms with van der Waals surface area (Å²) < 4.78 is 7.32. The molecule has 6 nitrogen and oxygen atoms in total. The van der Waals surface area contributed by atoms with E-state index in [1.807, 2.05) is 24.3 Å².